The van der Waals surface area contributed by atoms with E-state index in [1.54, 1.807) is 36.4 Å². The SMILES string of the molecule is COc1ccc(NC(=O)COC(=O)c2cc3ccccc3o2)cc1OC. The Hall–Kier alpha value is -3.48. The number of hydrogen-bond acceptors (Lipinski definition) is 6. The van der Waals surface area contributed by atoms with Crippen LogP contribution >= 0.6 is 0 Å². The zero-order valence-corrected chi connectivity index (χ0v) is 14.3. The van der Waals surface area contributed by atoms with Gasteiger partial charge < -0.3 is 23.9 Å². The van der Waals surface area contributed by atoms with Gasteiger partial charge in [-0.1, -0.05) is 18.2 Å². The Morgan fingerprint density at radius 1 is 1.00 bits per heavy atom. The van der Waals surface area contributed by atoms with Crippen molar-refractivity contribution in [2.24, 2.45) is 0 Å². The molecule has 1 aromatic heterocycles. The summed E-state index contributed by atoms with van der Waals surface area (Å²) in [5.41, 5.74) is 1.07. The highest BCUT2D eigenvalue weighted by Gasteiger charge is 2.15. The quantitative estimate of drug-likeness (QED) is 0.683. The molecule has 0 radical (unpaired) electrons. The Bertz CT molecular complexity index is 913. The number of ether oxygens (including phenoxy) is 3. The largest absolute Gasteiger partial charge is 0.493 e. The second-order valence-corrected chi connectivity index (χ2v) is 5.34. The molecule has 0 aliphatic heterocycles. The lowest BCUT2D eigenvalue weighted by molar-refractivity contribution is -0.119. The van der Waals surface area contributed by atoms with Gasteiger partial charge in [0, 0.05) is 17.1 Å². The molecule has 3 aromatic rings. The van der Waals surface area contributed by atoms with E-state index in [2.05, 4.69) is 5.32 Å². The first-order valence-corrected chi connectivity index (χ1v) is 7.78. The molecule has 3 rings (SSSR count). The van der Waals surface area contributed by atoms with Crippen molar-refractivity contribution in [1.82, 2.24) is 0 Å². The second-order valence-electron chi connectivity index (χ2n) is 5.34. The molecule has 1 heterocycles. The van der Waals surface area contributed by atoms with Crippen LogP contribution < -0.4 is 14.8 Å². The Kier molecular flexibility index (Phi) is 5.07. The van der Waals surface area contributed by atoms with E-state index in [0.717, 1.165) is 5.39 Å². The first kappa shape index (κ1) is 17.3. The van der Waals surface area contributed by atoms with Crippen LogP contribution in [-0.2, 0) is 9.53 Å². The molecule has 26 heavy (non-hydrogen) atoms. The number of methoxy groups -OCH3 is 2. The molecule has 1 N–H and O–H groups in total. The van der Waals surface area contributed by atoms with Gasteiger partial charge in [0.05, 0.1) is 14.2 Å². The maximum Gasteiger partial charge on any atom is 0.374 e. The fourth-order valence-electron chi connectivity index (χ4n) is 2.40. The van der Waals surface area contributed by atoms with Crippen LogP contribution in [0.25, 0.3) is 11.0 Å². The van der Waals surface area contributed by atoms with E-state index in [0.29, 0.717) is 22.8 Å². The van der Waals surface area contributed by atoms with E-state index in [4.69, 9.17) is 18.6 Å². The van der Waals surface area contributed by atoms with Gasteiger partial charge in [0.1, 0.15) is 5.58 Å². The van der Waals surface area contributed by atoms with Gasteiger partial charge in [0.15, 0.2) is 18.1 Å². The van der Waals surface area contributed by atoms with E-state index < -0.39 is 18.5 Å². The maximum absolute atomic E-state index is 12.0. The summed E-state index contributed by atoms with van der Waals surface area (Å²) < 4.78 is 20.7. The van der Waals surface area contributed by atoms with Gasteiger partial charge in [-0.05, 0) is 24.3 Å². The average Bonchev–Trinajstić information content (AvgIpc) is 3.10. The molecule has 0 saturated carbocycles. The van der Waals surface area contributed by atoms with Crippen LogP contribution in [0.1, 0.15) is 10.6 Å². The predicted octanol–water partition coefficient (Wildman–Crippen LogP) is 3.25. The summed E-state index contributed by atoms with van der Waals surface area (Å²) in [6, 6.07) is 13.7. The molecular formula is C19H17NO6. The molecule has 0 unspecified atom stereocenters. The number of anilines is 1. The van der Waals surface area contributed by atoms with Crippen LogP contribution in [0.2, 0.25) is 0 Å². The topological polar surface area (TPSA) is 87.0 Å². The summed E-state index contributed by atoms with van der Waals surface area (Å²) >= 11 is 0. The third kappa shape index (κ3) is 3.77. The van der Waals surface area contributed by atoms with Gasteiger partial charge in [-0.25, -0.2) is 4.79 Å². The van der Waals surface area contributed by atoms with Crippen molar-refractivity contribution in [2.75, 3.05) is 26.1 Å². The number of hydrogen-bond donors (Lipinski definition) is 1. The number of esters is 1. The molecule has 0 aliphatic carbocycles. The van der Waals surface area contributed by atoms with Crippen LogP contribution in [-0.4, -0.2) is 32.7 Å². The molecule has 134 valence electrons. The minimum atomic E-state index is -0.705. The summed E-state index contributed by atoms with van der Waals surface area (Å²) in [7, 11) is 3.02. The number of fused-ring (bicyclic) bond motifs is 1. The van der Waals surface area contributed by atoms with Crippen LogP contribution in [0.5, 0.6) is 11.5 Å². The molecule has 0 atom stereocenters. The van der Waals surface area contributed by atoms with Crippen LogP contribution in [0, 0.1) is 0 Å². The third-order valence-corrected chi connectivity index (χ3v) is 3.63. The molecule has 0 aliphatic rings. The van der Waals surface area contributed by atoms with Gasteiger partial charge >= 0.3 is 5.97 Å². The highest BCUT2D eigenvalue weighted by Crippen LogP contribution is 2.29. The highest BCUT2D eigenvalue weighted by molar-refractivity contribution is 5.96. The lowest BCUT2D eigenvalue weighted by atomic mass is 10.2. The van der Waals surface area contributed by atoms with Crippen molar-refractivity contribution in [2.45, 2.75) is 0 Å². The lowest BCUT2D eigenvalue weighted by Gasteiger charge is -2.10. The first-order chi connectivity index (χ1) is 12.6. The van der Waals surface area contributed by atoms with Crippen LogP contribution in [0.3, 0.4) is 0 Å². The van der Waals surface area contributed by atoms with Gasteiger partial charge in [-0.15, -0.1) is 0 Å². The number of carbonyl (C=O) groups excluding carboxylic acids is 2. The van der Waals surface area contributed by atoms with E-state index >= 15 is 0 Å². The Morgan fingerprint density at radius 2 is 1.77 bits per heavy atom. The van der Waals surface area contributed by atoms with Crippen molar-refractivity contribution >= 4 is 28.5 Å². The summed E-state index contributed by atoms with van der Waals surface area (Å²) in [6.45, 7) is -0.440. The number of para-hydroxylation sites is 1. The van der Waals surface area contributed by atoms with E-state index in [1.807, 2.05) is 12.1 Å². The highest BCUT2D eigenvalue weighted by atomic mass is 16.5. The number of amides is 1. The van der Waals surface area contributed by atoms with E-state index in [-0.39, 0.29) is 5.76 Å². The molecule has 7 heteroatoms. The van der Waals surface area contributed by atoms with E-state index in [1.165, 1.54) is 14.2 Å². The molecule has 0 fully saturated rings. The Labute approximate surface area is 149 Å². The monoisotopic (exact) mass is 355 g/mol. The molecule has 0 saturated heterocycles. The molecule has 2 aromatic carbocycles. The predicted molar refractivity (Wildman–Crippen MR) is 94.7 cm³/mol. The molecule has 0 spiro atoms. The number of carbonyl (C=O) groups is 2. The number of nitrogens with one attached hydrogen (secondary N) is 1. The fraction of sp³-hybridized carbons (Fsp3) is 0.158. The van der Waals surface area contributed by atoms with Crippen molar-refractivity contribution in [3.63, 3.8) is 0 Å². The molecule has 1 amide bonds. The van der Waals surface area contributed by atoms with Crippen molar-refractivity contribution in [1.29, 1.82) is 0 Å². The first-order valence-electron chi connectivity index (χ1n) is 7.78. The molecular weight excluding hydrogens is 338 g/mol. The standard InChI is InChI=1S/C19H17NO6/c1-23-15-8-7-13(10-16(15)24-2)20-18(21)11-25-19(22)17-9-12-5-3-4-6-14(12)26-17/h3-10H,11H2,1-2H3,(H,20,21). The van der Waals surface area contributed by atoms with Crippen LogP contribution in [0.15, 0.2) is 52.9 Å². The average molecular weight is 355 g/mol. The fourth-order valence-corrected chi connectivity index (χ4v) is 2.40. The van der Waals surface area contributed by atoms with Crippen molar-refractivity contribution < 1.29 is 28.2 Å². The van der Waals surface area contributed by atoms with Gasteiger partial charge in [0.25, 0.3) is 5.91 Å². The molecule has 7 nitrogen and oxygen atoms in total. The summed E-state index contributed by atoms with van der Waals surface area (Å²) in [5.74, 6) is -0.123. The van der Waals surface area contributed by atoms with Crippen LogP contribution in [0.4, 0.5) is 5.69 Å². The number of benzene rings is 2. The van der Waals surface area contributed by atoms with Gasteiger partial charge in [0.2, 0.25) is 5.76 Å². The summed E-state index contributed by atoms with van der Waals surface area (Å²) in [6.07, 6.45) is 0. The Morgan fingerprint density at radius 3 is 2.50 bits per heavy atom. The van der Waals surface area contributed by atoms with Gasteiger partial charge in [-0.3, -0.25) is 4.79 Å². The smallest absolute Gasteiger partial charge is 0.374 e. The summed E-state index contributed by atoms with van der Waals surface area (Å²) in [4.78, 5) is 24.0. The number of furan rings is 1. The second kappa shape index (κ2) is 7.60. The van der Waals surface area contributed by atoms with Gasteiger partial charge in [-0.2, -0.15) is 0 Å². The maximum atomic E-state index is 12.0. The van der Waals surface area contributed by atoms with Crippen molar-refractivity contribution in [3.05, 3.63) is 54.3 Å². The van der Waals surface area contributed by atoms with Crippen molar-refractivity contribution in [3.8, 4) is 11.5 Å². The molecule has 0 bridgehead atoms. The normalized spacial score (nSPS) is 10.4. The Balaban J connectivity index is 1.59. The third-order valence-electron chi connectivity index (χ3n) is 3.63. The summed E-state index contributed by atoms with van der Waals surface area (Å²) in [5, 5.41) is 3.41. The van der Waals surface area contributed by atoms with E-state index in [9.17, 15) is 9.59 Å². The minimum absolute atomic E-state index is 0.0464. The minimum Gasteiger partial charge on any atom is -0.493 e. The zero-order chi connectivity index (χ0) is 18.5. The lowest BCUT2D eigenvalue weighted by Crippen LogP contribution is -2.20. The number of rotatable bonds is 6. The zero-order valence-electron chi connectivity index (χ0n) is 14.3.